The van der Waals surface area contributed by atoms with Crippen molar-refractivity contribution in [3.05, 3.63) is 78.4 Å². The summed E-state index contributed by atoms with van der Waals surface area (Å²) in [5.74, 6) is 0. The summed E-state index contributed by atoms with van der Waals surface area (Å²) in [4.78, 5) is 8.85. The van der Waals surface area contributed by atoms with Gasteiger partial charge in [0, 0.05) is 29.1 Å². The topological polar surface area (TPSA) is 54.0 Å². The summed E-state index contributed by atoms with van der Waals surface area (Å²) in [7, 11) is 0. The number of hydrogen-bond acceptors (Lipinski definition) is 3. The van der Waals surface area contributed by atoms with Crippen LogP contribution in [0, 0.1) is 18.3 Å². The minimum absolute atomic E-state index is 0.521. The second-order valence-corrected chi connectivity index (χ2v) is 5.62. The Morgan fingerprint density at radius 2 is 1.79 bits per heavy atom. The lowest BCUT2D eigenvalue weighted by atomic mass is 9.97. The van der Waals surface area contributed by atoms with Crippen molar-refractivity contribution in [1.29, 1.82) is 5.26 Å². The molecule has 4 rings (SSSR count). The van der Waals surface area contributed by atoms with Crippen LogP contribution in [0.25, 0.3) is 28.0 Å². The van der Waals surface area contributed by atoms with Gasteiger partial charge < -0.3 is 0 Å². The summed E-state index contributed by atoms with van der Waals surface area (Å²) >= 11 is 0. The number of hydrogen-bond donors (Lipinski definition) is 0. The highest BCUT2D eigenvalue weighted by atomic mass is 15.0. The molecule has 0 aliphatic rings. The number of nitriles is 1. The van der Waals surface area contributed by atoms with Crippen LogP contribution in [0.5, 0.6) is 0 Å². The Morgan fingerprint density at radius 3 is 2.62 bits per heavy atom. The first-order valence-corrected chi connectivity index (χ1v) is 7.66. The zero-order valence-corrected chi connectivity index (χ0v) is 13.1. The molecule has 0 aliphatic heterocycles. The molecule has 1 aromatic carbocycles. The third-order valence-electron chi connectivity index (χ3n) is 4.14. The second kappa shape index (κ2) is 5.64. The van der Waals surface area contributed by atoms with Crippen molar-refractivity contribution in [3.8, 4) is 28.5 Å². The van der Waals surface area contributed by atoms with Crippen LogP contribution in [0.2, 0.25) is 0 Å². The molecule has 4 heteroatoms. The molecule has 0 radical (unpaired) electrons. The van der Waals surface area contributed by atoms with Crippen molar-refractivity contribution in [2.24, 2.45) is 0 Å². The van der Waals surface area contributed by atoms with Crippen LogP contribution in [0.3, 0.4) is 0 Å². The maximum absolute atomic E-state index is 9.23. The first-order valence-electron chi connectivity index (χ1n) is 7.66. The largest absolute Gasteiger partial charge is 0.291 e. The van der Waals surface area contributed by atoms with Crippen LogP contribution < -0.4 is 0 Å². The van der Waals surface area contributed by atoms with Crippen LogP contribution in [0.1, 0.15) is 11.3 Å². The number of fused-ring (bicyclic) bond motifs is 1. The molecule has 0 bridgehead atoms. The van der Waals surface area contributed by atoms with E-state index < -0.39 is 0 Å². The summed E-state index contributed by atoms with van der Waals surface area (Å²) in [6, 6.07) is 18.3. The summed E-state index contributed by atoms with van der Waals surface area (Å²) in [5.41, 5.74) is 6.55. The standard InChI is InChI=1S/C20H14N4/c1-14-5-2-3-6-17(14)20-18(7-4-10-22-20)15-8-9-19-23-12-16(11-21)24(19)13-15/h2-10,12-13H,1H3. The van der Waals surface area contributed by atoms with E-state index in [9.17, 15) is 5.26 Å². The Hall–Kier alpha value is -3.45. The van der Waals surface area contributed by atoms with Crippen LogP contribution in [0.15, 0.2) is 67.1 Å². The quantitative estimate of drug-likeness (QED) is 0.556. The van der Waals surface area contributed by atoms with Crippen LogP contribution >= 0.6 is 0 Å². The van der Waals surface area contributed by atoms with Gasteiger partial charge in [0.2, 0.25) is 0 Å². The fraction of sp³-hybridized carbons (Fsp3) is 0.0500. The van der Waals surface area contributed by atoms with E-state index >= 15 is 0 Å². The zero-order valence-electron chi connectivity index (χ0n) is 13.1. The molecule has 0 saturated carbocycles. The fourth-order valence-corrected chi connectivity index (χ4v) is 2.91. The molecule has 0 spiro atoms. The van der Waals surface area contributed by atoms with Crippen molar-refractivity contribution in [2.45, 2.75) is 6.92 Å². The summed E-state index contributed by atoms with van der Waals surface area (Å²) in [6.07, 6.45) is 5.34. The molecular formula is C20H14N4. The molecule has 0 amide bonds. The molecule has 3 aromatic heterocycles. The lowest BCUT2D eigenvalue weighted by Crippen LogP contribution is -1.94. The number of aryl methyl sites for hydroxylation is 1. The molecular weight excluding hydrogens is 296 g/mol. The molecule has 4 nitrogen and oxygen atoms in total. The fourth-order valence-electron chi connectivity index (χ4n) is 2.91. The van der Waals surface area contributed by atoms with Crippen molar-refractivity contribution < 1.29 is 0 Å². The Bertz CT molecular complexity index is 1090. The van der Waals surface area contributed by atoms with Crippen LogP contribution in [0.4, 0.5) is 0 Å². The van der Waals surface area contributed by atoms with Gasteiger partial charge >= 0.3 is 0 Å². The lowest BCUT2D eigenvalue weighted by Gasteiger charge is -2.11. The summed E-state index contributed by atoms with van der Waals surface area (Å²) in [6.45, 7) is 2.08. The number of pyridine rings is 2. The molecule has 0 unspecified atom stereocenters. The predicted octanol–water partition coefficient (Wildman–Crippen LogP) is 4.24. The van der Waals surface area contributed by atoms with Gasteiger partial charge in [-0.05, 0) is 30.7 Å². The minimum atomic E-state index is 0.521. The van der Waals surface area contributed by atoms with Crippen molar-refractivity contribution in [3.63, 3.8) is 0 Å². The highest BCUT2D eigenvalue weighted by Gasteiger charge is 2.12. The molecule has 3 heterocycles. The molecule has 0 aliphatic carbocycles. The van der Waals surface area contributed by atoms with Gasteiger partial charge in [-0.2, -0.15) is 5.26 Å². The molecule has 24 heavy (non-hydrogen) atoms. The lowest BCUT2D eigenvalue weighted by molar-refractivity contribution is 1.15. The molecule has 0 fully saturated rings. The zero-order chi connectivity index (χ0) is 16.5. The number of imidazole rings is 1. The minimum Gasteiger partial charge on any atom is -0.291 e. The van der Waals surface area contributed by atoms with Crippen LogP contribution in [-0.4, -0.2) is 14.4 Å². The van der Waals surface area contributed by atoms with E-state index in [2.05, 4.69) is 41.2 Å². The Kier molecular flexibility index (Phi) is 3.33. The maximum atomic E-state index is 9.23. The van der Waals surface area contributed by atoms with E-state index in [-0.39, 0.29) is 0 Å². The first-order chi connectivity index (χ1) is 11.8. The van der Waals surface area contributed by atoms with Crippen molar-refractivity contribution in [1.82, 2.24) is 14.4 Å². The van der Waals surface area contributed by atoms with E-state index in [1.165, 1.54) is 5.56 Å². The number of rotatable bonds is 2. The van der Waals surface area contributed by atoms with E-state index in [1.54, 1.807) is 6.20 Å². The van der Waals surface area contributed by atoms with Gasteiger partial charge in [-0.15, -0.1) is 0 Å². The van der Waals surface area contributed by atoms with Gasteiger partial charge in [0.05, 0.1) is 11.9 Å². The summed E-state index contributed by atoms with van der Waals surface area (Å²) in [5, 5.41) is 9.23. The van der Waals surface area contributed by atoms with Gasteiger partial charge in [-0.1, -0.05) is 30.3 Å². The van der Waals surface area contributed by atoms with E-state index in [1.807, 2.05) is 47.1 Å². The first kappa shape index (κ1) is 14.2. The SMILES string of the molecule is Cc1ccccc1-c1ncccc1-c1ccc2ncc(C#N)n2c1. The van der Waals surface area contributed by atoms with Gasteiger partial charge in [-0.3, -0.25) is 9.38 Å². The van der Waals surface area contributed by atoms with Crippen molar-refractivity contribution >= 4 is 5.65 Å². The van der Waals surface area contributed by atoms with Crippen LogP contribution in [-0.2, 0) is 0 Å². The van der Waals surface area contributed by atoms with Gasteiger partial charge in [0.15, 0.2) is 0 Å². The van der Waals surface area contributed by atoms with E-state index in [4.69, 9.17) is 0 Å². The van der Waals surface area contributed by atoms with E-state index in [0.717, 1.165) is 28.0 Å². The summed E-state index contributed by atoms with van der Waals surface area (Å²) < 4.78 is 1.81. The average Bonchev–Trinajstić information content (AvgIpc) is 3.04. The normalized spacial score (nSPS) is 10.7. The van der Waals surface area contributed by atoms with E-state index in [0.29, 0.717) is 5.69 Å². The highest BCUT2D eigenvalue weighted by Crippen LogP contribution is 2.32. The Balaban J connectivity index is 1.95. The molecule has 0 atom stereocenters. The average molecular weight is 310 g/mol. The van der Waals surface area contributed by atoms with Gasteiger partial charge in [0.1, 0.15) is 17.4 Å². The Morgan fingerprint density at radius 1 is 0.958 bits per heavy atom. The molecule has 0 N–H and O–H groups in total. The maximum Gasteiger partial charge on any atom is 0.144 e. The van der Waals surface area contributed by atoms with Gasteiger partial charge in [-0.25, -0.2) is 4.98 Å². The smallest absolute Gasteiger partial charge is 0.144 e. The highest BCUT2D eigenvalue weighted by molar-refractivity contribution is 5.82. The monoisotopic (exact) mass is 310 g/mol. The van der Waals surface area contributed by atoms with Gasteiger partial charge in [0.25, 0.3) is 0 Å². The molecule has 0 saturated heterocycles. The number of aromatic nitrogens is 3. The second-order valence-electron chi connectivity index (χ2n) is 5.62. The number of nitrogens with zero attached hydrogens (tertiary/aromatic N) is 4. The predicted molar refractivity (Wildman–Crippen MR) is 93.3 cm³/mol. The Labute approximate surface area is 139 Å². The number of benzene rings is 1. The molecule has 114 valence electrons. The third kappa shape index (κ3) is 2.24. The third-order valence-corrected chi connectivity index (χ3v) is 4.14. The van der Waals surface area contributed by atoms with Crippen molar-refractivity contribution in [2.75, 3.05) is 0 Å². The molecule has 4 aromatic rings.